The number of rotatable bonds is 1. The first-order valence-electron chi connectivity index (χ1n) is 7.59. The van der Waals surface area contributed by atoms with E-state index in [9.17, 15) is 0 Å². The minimum atomic E-state index is 0.950. The van der Waals surface area contributed by atoms with Crippen molar-refractivity contribution in [1.29, 1.82) is 0 Å². The van der Waals surface area contributed by atoms with Crippen LogP contribution in [-0.2, 0) is 6.42 Å². The number of furan rings is 1. The van der Waals surface area contributed by atoms with Crippen LogP contribution in [0.1, 0.15) is 11.1 Å². The molecule has 0 atom stereocenters. The number of fused-ring (bicyclic) bond motifs is 4. The fourth-order valence-corrected chi connectivity index (χ4v) is 3.50. The van der Waals surface area contributed by atoms with Gasteiger partial charge in [0.05, 0.1) is 0 Å². The van der Waals surface area contributed by atoms with E-state index in [0.29, 0.717) is 0 Å². The fraction of sp³-hybridized carbons (Fsp3) is 0.0476. The SMILES string of the molecule is c1ccc2c(c1)Cc1c(-c3cc4ccccc4o3)cccc1-2. The highest BCUT2D eigenvalue weighted by atomic mass is 16.3. The summed E-state index contributed by atoms with van der Waals surface area (Å²) in [7, 11) is 0. The van der Waals surface area contributed by atoms with Crippen molar-refractivity contribution >= 4 is 11.0 Å². The lowest BCUT2D eigenvalue weighted by Gasteiger charge is -2.05. The van der Waals surface area contributed by atoms with Gasteiger partial charge in [0.2, 0.25) is 0 Å². The highest BCUT2D eigenvalue weighted by molar-refractivity contribution is 5.87. The van der Waals surface area contributed by atoms with E-state index in [2.05, 4.69) is 54.6 Å². The van der Waals surface area contributed by atoms with Gasteiger partial charge in [0.25, 0.3) is 0 Å². The van der Waals surface area contributed by atoms with Gasteiger partial charge in [-0.3, -0.25) is 0 Å². The molecule has 0 amide bonds. The third kappa shape index (κ3) is 1.59. The molecule has 1 heterocycles. The predicted octanol–water partition coefficient (Wildman–Crippen LogP) is 5.67. The van der Waals surface area contributed by atoms with Crippen molar-refractivity contribution in [3.8, 4) is 22.5 Å². The summed E-state index contributed by atoms with van der Waals surface area (Å²) in [6.07, 6.45) is 0.985. The maximum Gasteiger partial charge on any atom is 0.135 e. The van der Waals surface area contributed by atoms with Gasteiger partial charge in [-0.05, 0) is 40.8 Å². The Hall–Kier alpha value is -2.80. The Morgan fingerprint density at radius 3 is 2.41 bits per heavy atom. The molecule has 0 fully saturated rings. The molecule has 0 spiro atoms. The average molecular weight is 282 g/mol. The molecule has 3 aromatic carbocycles. The van der Waals surface area contributed by atoms with Crippen LogP contribution < -0.4 is 0 Å². The van der Waals surface area contributed by atoms with Crippen LogP contribution in [0.3, 0.4) is 0 Å². The van der Waals surface area contributed by atoms with Gasteiger partial charge in [-0.1, -0.05) is 60.7 Å². The normalized spacial score (nSPS) is 12.4. The molecular formula is C21H14O. The zero-order valence-corrected chi connectivity index (χ0v) is 12.0. The Kier molecular flexibility index (Phi) is 2.33. The molecule has 0 radical (unpaired) electrons. The van der Waals surface area contributed by atoms with Gasteiger partial charge in [-0.2, -0.15) is 0 Å². The maximum absolute atomic E-state index is 6.08. The number of benzene rings is 3. The predicted molar refractivity (Wildman–Crippen MR) is 89.9 cm³/mol. The van der Waals surface area contributed by atoms with Crippen LogP contribution in [0.2, 0.25) is 0 Å². The topological polar surface area (TPSA) is 13.1 Å². The number of hydrogen-bond donors (Lipinski definition) is 0. The zero-order chi connectivity index (χ0) is 14.5. The van der Waals surface area contributed by atoms with E-state index in [1.165, 1.54) is 27.8 Å². The zero-order valence-electron chi connectivity index (χ0n) is 12.0. The molecule has 0 saturated carbocycles. The molecule has 0 bridgehead atoms. The molecule has 1 heteroatoms. The van der Waals surface area contributed by atoms with Crippen LogP contribution in [0.25, 0.3) is 33.4 Å². The molecule has 4 aromatic rings. The summed E-state index contributed by atoms with van der Waals surface area (Å²) >= 11 is 0. The molecular weight excluding hydrogens is 268 g/mol. The van der Waals surface area contributed by atoms with E-state index in [1.807, 2.05) is 18.2 Å². The van der Waals surface area contributed by atoms with Crippen molar-refractivity contribution in [2.24, 2.45) is 0 Å². The average Bonchev–Trinajstić information content (AvgIpc) is 3.15. The first-order chi connectivity index (χ1) is 10.9. The van der Waals surface area contributed by atoms with Gasteiger partial charge < -0.3 is 4.42 Å². The summed E-state index contributed by atoms with van der Waals surface area (Å²) in [6.45, 7) is 0. The molecule has 0 N–H and O–H groups in total. The van der Waals surface area contributed by atoms with Crippen molar-refractivity contribution in [1.82, 2.24) is 0 Å². The molecule has 22 heavy (non-hydrogen) atoms. The van der Waals surface area contributed by atoms with Crippen LogP contribution >= 0.6 is 0 Å². The summed E-state index contributed by atoms with van der Waals surface area (Å²) in [5.74, 6) is 0.964. The molecule has 1 aromatic heterocycles. The third-order valence-electron chi connectivity index (χ3n) is 4.54. The first kappa shape index (κ1) is 11.8. The molecule has 5 rings (SSSR count). The summed E-state index contributed by atoms with van der Waals surface area (Å²) in [5.41, 5.74) is 7.64. The molecule has 1 aliphatic rings. The van der Waals surface area contributed by atoms with Gasteiger partial charge in [-0.25, -0.2) is 0 Å². The van der Waals surface area contributed by atoms with Crippen molar-refractivity contribution in [3.05, 3.63) is 83.9 Å². The monoisotopic (exact) mass is 282 g/mol. The highest BCUT2D eigenvalue weighted by Gasteiger charge is 2.22. The lowest BCUT2D eigenvalue weighted by Crippen LogP contribution is -1.86. The van der Waals surface area contributed by atoms with E-state index in [1.54, 1.807) is 0 Å². The Labute approximate surface area is 128 Å². The molecule has 104 valence electrons. The molecule has 0 saturated heterocycles. The number of para-hydroxylation sites is 1. The summed E-state index contributed by atoms with van der Waals surface area (Å²) < 4.78 is 6.08. The maximum atomic E-state index is 6.08. The van der Waals surface area contributed by atoms with Gasteiger partial charge in [0.1, 0.15) is 11.3 Å². The molecule has 1 aliphatic carbocycles. The van der Waals surface area contributed by atoms with E-state index in [4.69, 9.17) is 4.42 Å². The Balaban J connectivity index is 1.74. The lowest BCUT2D eigenvalue weighted by atomic mass is 9.99. The van der Waals surface area contributed by atoms with E-state index in [-0.39, 0.29) is 0 Å². The van der Waals surface area contributed by atoms with Crippen LogP contribution in [0.5, 0.6) is 0 Å². The van der Waals surface area contributed by atoms with Crippen molar-refractivity contribution in [3.63, 3.8) is 0 Å². The Bertz CT molecular complexity index is 974. The smallest absolute Gasteiger partial charge is 0.135 e. The van der Waals surface area contributed by atoms with Gasteiger partial charge in [0.15, 0.2) is 0 Å². The van der Waals surface area contributed by atoms with E-state index < -0.39 is 0 Å². The Morgan fingerprint density at radius 1 is 0.682 bits per heavy atom. The molecule has 0 unspecified atom stereocenters. The van der Waals surface area contributed by atoms with Gasteiger partial charge in [0, 0.05) is 10.9 Å². The van der Waals surface area contributed by atoms with Crippen LogP contribution in [-0.4, -0.2) is 0 Å². The summed E-state index contributed by atoms with van der Waals surface area (Å²) in [5, 5.41) is 1.16. The van der Waals surface area contributed by atoms with Crippen molar-refractivity contribution in [2.45, 2.75) is 6.42 Å². The van der Waals surface area contributed by atoms with E-state index >= 15 is 0 Å². The standard InChI is InChI=1S/C21H14O/c1-3-8-16-14(6-1)12-19-17(16)9-5-10-18(19)21-13-15-7-2-4-11-20(15)22-21/h1-11,13H,12H2. The quantitative estimate of drug-likeness (QED) is 0.386. The third-order valence-corrected chi connectivity index (χ3v) is 4.54. The summed E-state index contributed by atoms with van der Waals surface area (Å²) in [4.78, 5) is 0. The minimum Gasteiger partial charge on any atom is -0.456 e. The highest BCUT2D eigenvalue weighted by Crippen LogP contribution is 2.42. The second kappa shape index (κ2) is 4.35. The fourth-order valence-electron chi connectivity index (χ4n) is 3.50. The van der Waals surface area contributed by atoms with Crippen molar-refractivity contribution < 1.29 is 4.42 Å². The number of hydrogen-bond acceptors (Lipinski definition) is 1. The molecule has 1 nitrogen and oxygen atoms in total. The minimum absolute atomic E-state index is 0.950. The van der Waals surface area contributed by atoms with Crippen LogP contribution in [0.15, 0.2) is 77.2 Å². The first-order valence-corrected chi connectivity index (χ1v) is 7.59. The van der Waals surface area contributed by atoms with Crippen LogP contribution in [0, 0.1) is 0 Å². The van der Waals surface area contributed by atoms with Gasteiger partial charge >= 0.3 is 0 Å². The van der Waals surface area contributed by atoms with E-state index in [0.717, 1.165) is 23.2 Å². The molecule has 0 aliphatic heterocycles. The largest absolute Gasteiger partial charge is 0.456 e. The lowest BCUT2D eigenvalue weighted by molar-refractivity contribution is 0.631. The second-order valence-corrected chi connectivity index (χ2v) is 5.81. The van der Waals surface area contributed by atoms with Crippen molar-refractivity contribution in [2.75, 3.05) is 0 Å². The summed E-state index contributed by atoms with van der Waals surface area (Å²) in [6, 6.07) is 25.5. The second-order valence-electron chi connectivity index (χ2n) is 5.81. The Morgan fingerprint density at radius 2 is 1.45 bits per heavy atom. The van der Waals surface area contributed by atoms with Crippen LogP contribution in [0.4, 0.5) is 0 Å². The van der Waals surface area contributed by atoms with Gasteiger partial charge in [-0.15, -0.1) is 0 Å².